The molecular formula is C32H41N3O8. The van der Waals surface area contributed by atoms with Gasteiger partial charge in [0.2, 0.25) is 5.91 Å². The maximum atomic E-state index is 13.7. The van der Waals surface area contributed by atoms with Gasteiger partial charge in [-0.1, -0.05) is 24.3 Å². The number of benzene rings is 2. The Hall–Kier alpha value is -3.96. The molecule has 2 heterocycles. The van der Waals surface area contributed by atoms with Crippen LogP contribution in [-0.4, -0.2) is 71.0 Å². The smallest absolute Gasteiger partial charge is 0.329 e. The van der Waals surface area contributed by atoms with Gasteiger partial charge in [-0.05, 0) is 63.4 Å². The van der Waals surface area contributed by atoms with E-state index in [4.69, 9.17) is 18.9 Å². The minimum absolute atomic E-state index is 0.127. The number of esters is 1. The molecule has 1 atom stereocenters. The number of imidazole rings is 1. The summed E-state index contributed by atoms with van der Waals surface area (Å²) in [6, 6.07) is 13.7. The second kappa shape index (κ2) is 14.5. The van der Waals surface area contributed by atoms with Crippen LogP contribution in [0.5, 0.6) is 5.75 Å². The first kappa shape index (κ1) is 32.0. The summed E-state index contributed by atoms with van der Waals surface area (Å²) in [5.41, 5.74) is 1.31. The maximum absolute atomic E-state index is 13.7. The van der Waals surface area contributed by atoms with Crippen molar-refractivity contribution in [3.8, 4) is 5.75 Å². The summed E-state index contributed by atoms with van der Waals surface area (Å²) < 4.78 is 24.9. The van der Waals surface area contributed by atoms with Gasteiger partial charge in [0.05, 0.1) is 51.1 Å². The number of amides is 2. The van der Waals surface area contributed by atoms with E-state index in [1.54, 1.807) is 23.8 Å². The molecule has 0 N–H and O–H groups in total. The molecule has 1 unspecified atom stereocenters. The summed E-state index contributed by atoms with van der Waals surface area (Å²) in [6.07, 6.45) is 1.28. The van der Waals surface area contributed by atoms with Crippen molar-refractivity contribution in [3.05, 3.63) is 64.6 Å². The van der Waals surface area contributed by atoms with Gasteiger partial charge in [0.25, 0.3) is 5.91 Å². The molecule has 0 saturated carbocycles. The van der Waals surface area contributed by atoms with Crippen molar-refractivity contribution in [2.75, 3.05) is 33.5 Å². The summed E-state index contributed by atoms with van der Waals surface area (Å²) in [6.45, 7) is 7.31. The molecule has 1 fully saturated rings. The average molecular weight is 596 g/mol. The number of likely N-dealkylation sites (tertiary alicyclic amines) is 1. The molecule has 1 aromatic heterocycles. The first-order valence-electron chi connectivity index (χ1n) is 14.6. The predicted molar refractivity (Wildman–Crippen MR) is 160 cm³/mol. The van der Waals surface area contributed by atoms with Gasteiger partial charge in [-0.25, -0.2) is 4.79 Å². The first-order chi connectivity index (χ1) is 20.6. The Labute approximate surface area is 251 Å². The van der Waals surface area contributed by atoms with Crippen molar-refractivity contribution in [2.24, 2.45) is 0 Å². The van der Waals surface area contributed by atoms with Gasteiger partial charge in [0.15, 0.2) is 0 Å². The average Bonchev–Trinajstić information content (AvgIpc) is 3.24. The number of rotatable bonds is 14. The van der Waals surface area contributed by atoms with Crippen LogP contribution in [0.4, 0.5) is 0 Å². The lowest BCUT2D eigenvalue weighted by Gasteiger charge is -2.31. The van der Waals surface area contributed by atoms with Crippen LogP contribution in [0.3, 0.4) is 0 Å². The Balaban J connectivity index is 1.34. The SMILES string of the molecule is COc1ccc(CN2C(=O)CCC(n3c(=O)n(CCOCCOCCCC(=O)OC(C)(C)C)c4ccccc43)C2=O)cc1. The van der Waals surface area contributed by atoms with Crippen LogP contribution in [0.1, 0.15) is 58.1 Å². The molecule has 11 heteroatoms. The molecule has 0 radical (unpaired) electrons. The molecule has 0 bridgehead atoms. The van der Waals surface area contributed by atoms with Crippen LogP contribution < -0.4 is 10.4 Å². The lowest BCUT2D eigenvalue weighted by molar-refractivity contribution is -0.155. The minimum Gasteiger partial charge on any atom is -0.497 e. The summed E-state index contributed by atoms with van der Waals surface area (Å²) >= 11 is 0. The van der Waals surface area contributed by atoms with Crippen LogP contribution in [0, 0.1) is 0 Å². The summed E-state index contributed by atoms with van der Waals surface area (Å²) in [5, 5.41) is 0. The molecule has 232 valence electrons. The monoisotopic (exact) mass is 595 g/mol. The fourth-order valence-electron chi connectivity index (χ4n) is 5.08. The second-order valence-corrected chi connectivity index (χ2v) is 11.4. The molecule has 1 aliphatic heterocycles. The van der Waals surface area contributed by atoms with E-state index in [0.29, 0.717) is 56.0 Å². The van der Waals surface area contributed by atoms with Gasteiger partial charge < -0.3 is 18.9 Å². The summed E-state index contributed by atoms with van der Waals surface area (Å²) in [7, 11) is 1.57. The molecule has 2 aromatic carbocycles. The summed E-state index contributed by atoms with van der Waals surface area (Å²) in [5.74, 6) is -0.209. The van der Waals surface area contributed by atoms with Crippen molar-refractivity contribution in [2.45, 2.75) is 71.2 Å². The number of carbonyl (C=O) groups excluding carboxylic acids is 3. The van der Waals surface area contributed by atoms with Crippen LogP contribution in [0.2, 0.25) is 0 Å². The highest BCUT2D eigenvalue weighted by Gasteiger charge is 2.37. The van der Waals surface area contributed by atoms with Gasteiger partial charge >= 0.3 is 11.7 Å². The number of hydrogen-bond acceptors (Lipinski definition) is 8. The molecule has 1 saturated heterocycles. The number of aromatic nitrogens is 2. The van der Waals surface area contributed by atoms with E-state index in [2.05, 4.69) is 0 Å². The van der Waals surface area contributed by atoms with E-state index in [1.807, 2.05) is 57.2 Å². The van der Waals surface area contributed by atoms with Gasteiger partial charge in [-0.2, -0.15) is 0 Å². The van der Waals surface area contributed by atoms with Gasteiger partial charge in [0, 0.05) is 19.4 Å². The Morgan fingerprint density at radius 2 is 1.58 bits per heavy atom. The van der Waals surface area contributed by atoms with E-state index < -0.39 is 17.6 Å². The van der Waals surface area contributed by atoms with Crippen LogP contribution in [0.15, 0.2) is 53.3 Å². The number of fused-ring (bicyclic) bond motifs is 1. The number of hydrogen-bond donors (Lipinski definition) is 0. The van der Waals surface area contributed by atoms with E-state index in [1.165, 1.54) is 9.47 Å². The number of methoxy groups -OCH3 is 1. The third-order valence-corrected chi connectivity index (χ3v) is 7.09. The Bertz CT molecular complexity index is 1470. The number of imide groups is 1. The number of carbonyl (C=O) groups is 3. The highest BCUT2D eigenvalue weighted by atomic mass is 16.6. The zero-order valence-corrected chi connectivity index (χ0v) is 25.4. The van der Waals surface area contributed by atoms with Crippen molar-refractivity contribution in [1.82, 2.24) is 14.0 Å². The van der Waals surface area contributed by atoms with Gasteiger partial charge in [-0.15, -0.1) is 0 Å². The van der Waals surface area contributed by atoms with Crippen molar-refractivity contribution in [3.63, 3.8) is 0 Å². The molecule has 4 rings (SSSR count). The normalized spacial score (nSPS) is 15.7. The fourth-order valence-corrected chi connectivity index (χ4v) is 5.08. The molecule has 0 aliphatic carbocycles. The van der Waals surface area contributed by atoms with E-state index >= 15 is 0 Å². The van der Waals surface area contributed by atoms with Crippen LogP contribution >= 0.6 is 0 Å². The Morgan fingerprint density at radius 3 is 2.26 bits per heavy atom. The van der Waals surface area contributed by atoms with Crippen LogP contribution in [0.25, 0.3) is 11.0 Å². The summed E-state index contributed by atoms with van der Waals surface area (Å²) in [4.78, 5) is 53.1. The zero-order valence-electron chi connectivity index (χ0n) is 25.4. The predicted octanol–water partition coefficient (Wildman–Crippen LogP) is 3.86. The molecule has 43 heavy (non-hydrogen) atoms. The molecule has 0 spiro atoms. The third-order valence-electron chi connectivity index (χ3n) is 7.09. The lowest BCUT2D eigenvalue weighted by atomic mass is 10.0. The molecule has 1 aliphatic rings. The minimum atomic E-state index is -0.787. The number of nitrogens with zero attached hydrogens (tertiary/aromatic N) is 3. The standard InChI is InChI=1S/C32H41N3O8/c1-32(2,3)43-29(37)10-7-18-41-20-21-42-19-17-33-25-8-5-6-9-26(25)35(31(33)39)27-15-16-28(36)34(30(27)38)22-23-11-13-24(40-4)14-12-23/h5-6,8-9,11-14,27H,7,10,15-22H2,1-4H3. The van der Waals surface area contributed by atoms with Crippen molar-refractivity contribution in [1.29, 1.82) is 0 Å². The Morgan fingerprint density at radius 1 is 0.907 bits per heavy atom. The molecule has 2 amide bonds. The highest BCUT2D eigenvalue weighted by molar-refractivity contribution is 6.00. The zero-order chi connectivity index (χ0) is 31.0. The molecule has 3 aromatic rings. The number of para-hydroxylation sites is 2. The lowest BCUT2D eigenvalue weighted by Crippen LogP contribution is -2.47. The quantitative estimate of drug-likeness (QED) is 0.157. The topological polar surface area (TPSA) is 118 Å². The van der Waals surface area contributed by atoms with E-state index in [0.717, 1.165) is 5.56 Å². The van der Waals surface area contributed by atoms with Crippen molar-refractivity contribution >= 4 is 28.8 Å². The first-order valence-corrected chi connectivity index (χ1v) is 14.6. The van der Waals surface area contributed by atoms with E-state index in [-0.39, 0.29) is 43.6 Å². The largest absolute Gasteiger partial charge is 0.497 e. The fraction of sp³-hybridized carbons (Fsp3) is 0.500. The van der Waals surface area contributed by atoms with Gasteiger partial charge in [0.1, 0.15) is 17.4 Å². The highest BCUT2D eigenvalue weighted by Crippen LogP contribution is 2.28. The number of piperidine rings is 1. The molecular weight excluding hydrogens is 554 g/mol. The van der Waals surface area contributed by atoms with Gasteiger partial charge in [-0.3, -0.25) is 28.4 Å². The van der Waals surface area contributed by atoms with Crippen LogP contribution in [-0.2, 0) is 41.7 Å². The van der Waals surface area contributed by atoms with Crippen molar-refractivity contribution < 1.29 is 33.3 Å². The number of ether oxygens (including phenoxy) is 4. The maximum Gasteiger partial charge on any atom is 0.329 e. The molecule has 11 nitrogen and oxygen atoms in total. The second-order valence-electron chi connectivity index (χ2n) is 11.4. The van der Waals surface area contributed by atoms with E-state index in [9.17, 15) is 19.2 Å². The Kier molecular flexibility index (Phi) is 10.8. The third kappa shape index (κ3) is 8.32.